The highest BCUT2D eigenvalue weighted by Gasteiger charge is 2.52. The van der Waals surface area contributed by atoms with Crippen LogP contribution in [0.3, 0.4) is 0 Å². The Labute approximate surface area is 108 Å². The second-order valence-corrected chi connectivity index (χ2v) is 5.64. The van der Waals surface area contributed by atoms with Crippen LogP contribution < -0.4 is 11.1 Å². The molecular weight excluding hydrogens is 260 g/mol. The number of nitrogens with zero attached hydrogens (tertiary/aromatic N) is 2. The fourth-order valence-corrected chi connectivity index (χ4v) is 3.50. The molecule has 3 rings (SSSR count). The molecule has 0 aromatic carbocycles. The average Bonchev–Trinajstić information content (AvgIpc) is 2.89. The van der Waals surface area contributed by atoms with Crippen LogP contribution in [0.1, 0.15) is 11.3 Å². The number of nitrogens with one attached hydrogen (secondary N) is 1. The number of hydrogen-bond donors (Lipinski definition) is 2. The van der Waals surface area contributed by atoms with Crippen LogP contribution in [0.15, 0.2) is 0 Å². The molecule has 5 nitrogen and oxygen atoms in total. The van der Waals surface area contributed by atoms with Gasteiger partial charge in [-0.2, -0.15) is 5.26 Å². The third kappa shape index (κ3) is 1.70. The van der Waals surface area contributed by atoms with Gasteiger partial charge in [0, 0.05) is 18.6 Å². The fraction of sp³-hybridized carbons (Fsp3) is 0.600. The lowest BCUT2D eigenvalue weighted by Gasteiger charge is -2.45. The van der Waals surface area contributed by atoms with Gasteiger partial charge in [-0.3, -0.25) is 0 Å². The van der Waals surface area contributed by atoms with E-state index in [4.69, 9.17) is 27.3 Å². The van der Waals surface area contributed by atoms with E-state index in [1.807, 2.05) is 6.07 Å². The van der Waals surface area contributed by atoms with E-state index < -0.39 is 0 Å². The summed E-state index contributed by atoms with van der Waals surface area (Å²) in [7, 11) is 0. The van der Waals surface area contributed by atoms with Crippen molar-refractivity contribution in [1.29, 1.82) is 5.26 Å². The van der Waals surface area contributed by atoms with E-state index in [1.54, 1.807) is 0 Å². The monoisotopic (exact) mass is 270 g/mol. The van der Waals surface area contributed by atoms with Gasteiger partial charge >= 0.3 is 0 Å². The van der Waals surface area contributed by atoms with E-state index >= 15 is 0 Å². The van der Waals surface area contributed by atoms with Crippen LogP contribution in [-0.4, -0.2) is 29.8 Å². The Balaban J connectivity index is 1.73. The first-order valence-corrected chi connectivity index (χ1v) is 6.60. The van der Waals surface area contributed by atoms with Crippen molar-refractivity contribution in [3.63, 3.8) is 0 Å². The first kappa shape index (κ1) is 11.2. The molecule has 1 aliphatic carbocycles. The van der Waals surface area contributed by atoms with Gasteiger partial charge in [-0.05, 0) is 6.42 Å². The molecule has 1 saturated heterocycles. The summed E-state index contributed by atoms with van der Waals surface area (Å²) in [6.45, 7) is 0.781. The highest BCUT2D eigenvalue weighted by molar-refractivity contribution is 7.16. The number of rotatable bonds is 2. The molecule has 1 aromatic heterocycles. The van der Waals surface area contributed by atoms with E-state index in [9.17, 15) is 0 Å². The zero-order valence-corrected chi connectivity index (χ0v) is 10.5. The minimum absolute atomic E-state index is 0.0799. The number of aromatic nitrogens is 1. The first-order chi connectivity index (χ1) is 8.20. The molecule has 0 amide bonds. The molecule has 1 aliphatic heterocycles. The lowest BCUT2D eigenvalue weighted by atomic mass is 9.72. The lowest BCUT2D eigenvalue weighted by Crippen LogP contribution is -2.65. The predicted molar refractivity (Wildman–Crippen MR) is 65.1 cm³/mol. The van der Waals surface area contributed by atoms with Crippen molar-refractivity contribution in [1.82, 2.24) is 4.98 Å². The molecule has 90 valence electrons. The maximum absolute atomic E-state index is 8.80. The summed E-state index contributed by atoms with van der Waals surface area (Å²) in [4.78, 5) is 4.51. The van der Waals surface area contributed by atoms with Crippen molar-refractivity contribution in [3.8, 4) is 6.07 Å². The van der Waals surface area contributed by atoms with Crippen molar-refractivity contribution in [2.75, 3.05) is 11.9 Å². The molecule has 1 saturated carbocycles. The third-order valence-electron chi connectivity index (χ3n) is 3.42. The van der Waals surface area contributed by atoms with Crippen LogP contribution in [0, 0.1) is 17.2 Å². The number of ether oxygens (including phenoxy) is 1. The van der Waals surface area contributed by atoms with Crippen molar-refractivity contribution in [2.45, 2.75) is 24.6 Å². The van der Waals surface area contributed by atoms with Crippen molar-refractivity contribution >= 4 is 28.1 Å². The SMILES string of the molecule is N#Cc1sc(NC2C(N)C3CCOC32)nc1Cl. The largest absolute Gasteiger partial charge is 0.376 e. The number of halogens is 1. The summed E-state index contributed by atoms with van der Waals surface area (Å²) >= 11 is 7.06. The number of nitrogens with two attached hydrogens (primary N) is 1. The van der Waals surface area contributed by atoms with Gasteiger partial charge in [-0.15, -0.1) is 0 Å². The van der Waals surface area contributed by atoms with Gasteiger partial charge in [0.15, 0.2) is 10.3 Å². The molecule has 17 heavy (non-hydrogen) atoms. The standard InChI is InChI=1S/C10H11ClN4OS/c11-9-5(3-12)17-10(15-9)14-7-6(13)4-1-2-16-8(4)7/h4,6-8H,1-2,13H2,(H,14,15). The quantitative estimate of drug-likeness (QED) is 0.843. The van der Waals surface area contributed by atoms with Crippen LogP contribution >= 0.6 is 22.9 Å². The highest BCUT2D eigenvalue weighted by atomic mass is 35.5. The van der Waals surface area contributed by atoms with E-state index in [1.165, 1.54) is 11.3 Å². The molecule has 2 heterocycles. The molecular formula is C10H11ClN4OS. The Kier molecular flexibility index (Phi) is 2.71. The molecule has 0 spiro atoms. The third-order valence-corrected chi connectivity index (χ3v) is 4.70. The minimum atomic E-state index is 0.0799. The lowest BCUT2D eigenvalue weighted by molar-refractivity contribution is 0.00537. The van der Waals surface area contributed by atoms with Crippen LogP contribution in [0.4, 0.5) is 5.13 Å². The number of anilines is 1. The molecule has 4 atom stereocenters. The molecule has 0 bridgehead atoms. The van der Waals surface area contributed by atoms with Gasteiger partial charge in [-0.25, -0.2) is 4.98 Å². The first-order valence-electron chi connectivity index (χ1n) is 5.41. The Hall–Kier alpha value is -0.870. The fourth-order valence-electron chi connectivity index (χ4n) is 2.50. The smallest absolute Gasteiger partial charge is 0.185 e. The van der Waals surface area contributed by atoms with Gasteiger partial charge in [0.05, 0.1) is 12.1 Å². The Morgan fingerprint density at radius 1 is 1.65 bits per heavy atom. The number of thiazole rings is 1. The van der Waals surface area contributed by atoms with E-state index in [-0.39, 0.29) is 23.3 Å². The second-order valence-electron chi connectivity index (χ2n) is 4.29. The molecule has 1 aromatic rings. The predicted octanol–water partition coefficient (Wildman–Crippen LogP) is 1.19. The number of nitriles is 1. The molecule has 2 aliphatic rings. The van der Waals surface area contributed by atoms with E-state index in [2.05, 4.69) is 10.3 Å². The number of hydrogen-bond acceptors (Lipinski definition) is 6. The minimum Gasteiger partial charge on any atom is -0.376 e. The molecule has 0 radical (unpaired) electrons. The van der Waals surface area contributed by atoms with Crippen molar-refractivity contribution in [3.05, 3.63) is 10.0 Å². The van der Waals surface area contributed by atoms with Crippen LogP contribution in [-0.2, 0) is 4.74 Å². The Morgan fingerprint density at radius 3 is 3.18 bits per heavy atom. The van der Waals surface area contributed by atoms with Gasteiger partial charge in [0.1, 0.15) is 10.9 Å². The summed E-state index contributed by atoms with van der Waals surface area (Å²) in [5, 5.41) is 12.9. The molecule has 2 fully saturated rings. The zero-order valence-electron chi connectivity index (χ0n) is 8.89. The normalized spacial score (nSPS) is 34.9. The number of fused-ring (bicyclic) bond motifs is 1. The van der Waals surface area contributed by atoms with E-state index in [0.717, 1.165) is 13.0 Å². The zero-order chi connectivity index (χ0) is 12.0. The van der Waals surface area contributed by atoms with Crippen molar-refractivity contribution in [2.24, 2.45) is 11.7 Å². The van der Waals surface area contributed by atoms with Crippen molar-refractivity contribution < 1.29 is 4.74 Å². The van der Waals surface area contributed by atoms with Gasteiger partial charge in [0.25, 0.3) is 0 Å². The highest BCUT2D eigenvalue weighted by Crippen LogP contribution is 2.40. The summed E-state index contributed by atoms with van der Waals surface area (Å²) < 4.78 is 5.61. The van der Waals surface area contributed by atoms with Crippen LogP contribution in [0.5, 0.6) is 0 Å². The Bertz CT molecular complexity index is 485. The van der Waals surface area contributed by atoms with Gasteiger partial charge in [-0.1, -0.05) is 22.9 Å². The topological polar surface area (TPSA) is 84.0 Å². The molecule has 3 N–H and O–H groups in total. The van der Waals surface area contributed by atoms with E-state index in [0.29, 0.717) is 15.9 Å². The Morgan fingerprint density at radius 2 is 2.47 bits per heavy atom. The maximum Gasteiger partial charge on any atom is 0.185 e. The van der Waals surface area contributed by atoms with Gasteiger partial charge < -0.3 is 15.8 Å². The maximum atomic E-state index is 8.80. The summed E-state index contributed by atoms with van der Waals surface area (Å²) in [5.41, 5.74) is 6.07. The second kappa shape index (κ2) is 4.10. The van der Waals surface area contributed by atoms with Crippen LogP contribution in [0.2, 0.25) is 5.15 Å². The average molecular weight is 271 g/mol. The summed E-state index contributed by atoms with van der Waals surface area (Å²) in [6, 6.07) is 2.18. The summed E-state index contributed by atoms with van der Waals surface area (Å²) in [6.07, 6.45) is 1.21. The molecule has 7 heteroatoms. The molecule has 4 unspecified atom stereocenters. The van der Waals surface area contributed by atoms with Crippen LogP contribution in [0.25, 0.3) is 0 Å². The van der Waals surface area contributed by atoms with Gasteiger partial charge in [0.2, 0.25) is 0 Å². The summed E-state index contributed by atoms with van der Waals surface area (Å²) in [5.74, 6) is 0.457.